The van der Waals surface area contributed by atoms with E-state index in [9.17, 15) is 18.8 Å². The number of carbonyl (C=O) groups is 3. The summed E-state index contributed by atoms with van der Waals surface area (Å²) < 4.78 is 13.5. The topological polar surface area (TPSA) is 87.3 Å². The molecule has 2 rings (SSSR count). The summed E-state index contributed by atoms with van der Waals surface area (Å²) in [6.07, 6.45) is 0.0609. The van der Waals surface area contributed by atoms with Crippen LogP contribution in [0.4, 0.5) is 15.8 Å². The zero-order valence-electron chi connectivity index (χ0n) is 13.6. The molecule has 25 heavy (non-hydrogen) atoms. The molecule has 2 aromatic carbocycles. The number of amides is 3. The predicted molar refractivity (Wildman–Crippen MR) is 92.7 cm³/mol. The zero-order valence-corrected chi connectivity index (χ0v) is 13.6. The van der Waals surface area contributed by atoms with Crippen LogP contribution in [0.2, 0.25) is 0 Å². The van der Waals surface area contributed by atoms with Crippen LogP contribution in [0.1, 0.15) is 23.7 Å². The lowest BCUT2D eigenvalue weighted by Crippen LogP contribution is -2.27. The molecule has 0 aliphatic carbocycles. The maximum atomic E-state index is 13.5. The molecule has 130 valence electrons. The fraction of sp³-hybridized carbons (Fsp3) is 0.167. The second-order valence-electron chi connectivity index (χ2n) is 5.30. The maximum Gasteiger partial charge on any atom is 0.251 e. The van der Waals surface area contributed by atoms with Crippen LogP contribution in [0.25, 0.3) is 0 Å². The summed E-state index contributed by atoms with van der Waals surface area (Å²) in [4.78, 5) is 34.8. The second-order valence-corrected chi connectivity index (χ2v) is 5.30. The smallest absolute Gasteiger partial charge is 0.251 e. The Labute approximate surface area is 144 Å². The van der Waals surface area contributed by atoms with Crippen molar-refractivity contribution in [1.82, 2.24) is 5.32 Å². The van der Waals surface area contributed by atoms with E-state index in [-0.39, 0.29) is 30.5 Å². The van der Waals surface area contributed by atoms with Crippen LogP contribution < -0.4 is 16.0 Å². The summed E-state index contributed by atoms with van der Waals surface area (Å²) in [5.74, 6) is -1.61. The molecule has 0 bridgehead atoms. The van der Waals surface area contributed by atoms with E-state index < -0.39 is 11.7 Å². The third-order valence-corrected chi connectivity index (χ3v) is 3.23. The van der Waals surface area contributed by atoms with Crippen molar-refractivity contribution in [2.24, 2.45) is 0 Å². The van der Waals surface area contributed by atoms with Crippen molar-refractivity contribution in [3.63, 3.8) is 0 Å². The molecule has 0 spiro atoms. The molecule has 6 nitrogen and oxygen atoms in total. The van der Waals surface area contributed by atoms with Gasteiger partial charge in [0, 0.05) is 31.1 Å². The molecule has 0 unspecified atom stereocenters. The number of carbonyl (C=O) groups excluding carboxylic acids is 3. The summed E-state index contributed by atoms with van der Waals surface area (Å²) in [5, 5.41) is 7.57. The van der Waals surface area contributed by atoms with Crippen LogP contribution in [0.3, 0.4) is 0 Å². The minimum atomic E-state index is -0.594. The Balaban J connectivity index is 1.84. The summed E-state index contributed by atoms with van der Waals surface area (Å²) in [7, 11) is 0. The number of rotatable bonds is 6. The second kappa shape index (κ2) is 8.58. The van der Waals surface area contributed by atoms with Gasteiger partial charge in [0.1, 0.15) is 5.82 Å². The first-order valence-electron chi connectivity index (χ1n) is 7.66. The van der Waals surface area contributed by atoms with Gasteiger partial charge in [-0.2, -0.15) is 0 Å². The Morgan fingerprint density at radius 2 is 1.72 bits per heavy atom. The van der Waals surface area contributed by atoms with Crippen LogP contribution in [-0.2, 0) is 9.59 Å². The minimum Gasteiger partial charge on any atom is -0.352 e. The molecule has 0 aliphatic rings. The highest BCUT2D eigenvalue weighted by molar-refractivity contribution is 5.95. The van der Waals surface area contributed by atoms with E-state index in [4.69, 9.17) is 0 Å². The molecule has 0 radical (unpaired) electrons. The van der Waals surface area contributed by atoms with Crippen LogP contribution in [-0.4, -0.2) is 24.3 Å². The number of hydrogen-bond acceptors (Lipinski definition) is 3. The lowest BCUT2D eigenvalue weighted by molar-refractivity contribution is -0.116. The molecule has 3 N–H and O–H groups in total. The molecule has 2 aromatic rings. The fourth-order valence-electron chi connectivity index (χ4n) is 2.09. The summed E-state index contributed by atoms with van der Waals surface area (Å²) in [6, 6.07) is 12.5. The number of halogens is 1. The van der Waals surface area contributed by atoms with E-state index in [2.05, 4.69) is 16.0 Å². The molecular weight excluding hydrogens is 325 g/mol. The van der Waals surface area contributed by atoms with Crippen molar-refractivity contribution in [3.05, 3.63) is 59.9 Å². The standard InChI is InChI=1S/C18H18FN3O3/c1-12(23)21-16-11-14(7-8-15(16)19)22-17(24)9-10-20-18(25)13-5-3-2-4-6-13/h2-8,11H,9-10H2,1H3,(H,20,25)(H,21,23)(H,22,24). The Morgan fingerprint density at radius 3 is 2.40 bits per heavy atom. The Hall–Kier alpha value is -3.22. The highest BCUT2D eigenvalue weighted by atomic mass is 19.1. The van der Waals surface area contributed by atoms with Gasteiger partial charge >= 0.3 is 0 Å². The first-order valence-corrected chi connectivity index (χ1v) is 7.66. The SMILES string of the molecule is CC(=O)Nc1cc(NC(=O)CCNC(=O)c2ccccc2)ccc1F. The lowest BCUT2D eigenvalue weighted by Gasteiger charge is -2.09. The number of benzene rings is 2. The van der Waals surface area contributed by atoms with Gasteiger partial charge in [-0.15, -0.1) is 0 Å². The molecular formula is C18H18FN3O3. The van der Waals surface area contributed by atoms with Crippen LogP contribution >= 0.6 is 0 Å². The average Bonchev–Trinajstić information content (AvgIpc) is 2.58. The number of anilines is 2. The van der Waals surface area contributed by atoms with E-state index in [1.165, 1.54) is 19.1 Å². The van der Waals surface area contributed by atoms with Gasteiger partial charge in [0.2, 0.25) is 11.8 Å². The first kappa shape index (κ1) is 18.1. The van der Waals surface area contributed by atoms with E-state index in [1.807, 2.05) is 6.07 Å². The molecule has 0 aromatic heterocycles. The van der Waals surface area contributed by atoms with Gasteiger partial charge in [0.25, 0.3) is 5.91 Å². The van der Waals surface area contributed by atoms with E-state index >= 15 is 0 Å². The molecule has 0 atom stereocenters. The van der Waals surface area contributed by atoms with E-state index in [1.54, 1.807) is 24.3 Å². The predicted octanol–water partition coefficient (Wildman–Crippen LogP) is 2.54. The molecule has 0 saturated carbocycles. The van der Waals surface area contributed by atoms with Crippen molar-refractivity contribution in [2.45, 2.75) is 13.3 Å². The summed E-state index contributed by atoms with van der Waals surface area (Å²) >= 11 is 0. The molecule has 0 heterocycles. The Bertz CT molecular complexity index is 778. The van der Waals surface area contributed by atoms with Gasteiger partial charge in [-0.1, -0.05) is 18.2 Å². The number of hydrogen-bond donors (Lipinski definition) is 3. The van der Waals surface area contributed by atoms with Gasteiger partial charge in [0.15, 0.2) is 0 Å². The highest BCUT2D eigenvalue weighted by Gasteiger charge is 2.09. The maximum absolute atomic E-state index is 13.5. The quantitative estimate of drug-likeness (QED) is 0.753. The normalized spacial score (nSPS) is 10.0. The lowest BCUT2D eigenvalue weighted by atomic mass is 10.2. The van der Waals surface area contributed by atoms with Crippen molar-refractivity contribution >= 4 is 29.1 Å². The van der Waals surface area contributed by atoms with Gasteiger partial charge in [-0.25, -0.2) is 4.39 Å². The summed E-state index contributed by atoms with van der Waals surface area (Å²) in [6.45, 7) is 1.43. The molecule has 0 aliphatic heterocycles. The van der Waals surface area contributed by atoms with Crippen molar-refractivity contribution in [2.75, 3.05) is 17.2 Å². The fourth-order valence-corrected chi connectivity index (χ4v) is 2.09. The third kappa shape index (κ3) is 5.72. The monoisotopic (exact) mass is 343 g/mol. The zero-order chi connectivity index (χ0) is 18.2. The van der Waals surface area contributed by atoms with Crippen LogP contribution in [0.5, 0.6) is 0 Å². The molecule has 0 saturated heterocycles. The third-order valence-electron chi connectivity index (χ3n) is 3.23. The van der Waals surface area contributed by atoms with Gasteiger partial charge in [0.05, 0.1) is 5.69 Å². The summed E-state index contributed by atoms with van der Waals surface area (Å²) in [5.41, 5.74) is 0.855. The van der Waals surface area contributed by atoms with Gasteiger partial charge < -0.3 is 16.0 Å². The Morgan fingerprint density at radius 1 is 1.00 bits per heavy atom. The molecule has 7 heteroatoms. The first-order chi connectivity index (χ1) is 12.0. The van der Waals surface area contributed by atoms with Crippen LogP contribution in [0, 0.1) is 5.82 Å². The minimum absolute atomic E-state index is 0.0114. The van der Waals surface area contributed by atoms with E-state index in [0.717, 1.165) is 6.07 Å². The molecule has 0 fully saturated rings. The average molecular weight is 343 g/mol. The van der Waals surface area contributed by atoms with Gasteiger partial charge in [-0.3, -0.25) is 14.4 Å². The molecule has 3 amide bonds. The van der Waals surface area contributed by atoms with Gasteiger partial charge in [-0.05, 0) is 30.3 Å². The van der Waals surface area contributed by atoms with Crippen molar-refractivity contribution in [1.29, 1.82) is 0 Å². The highest BCUT2D eigenvalue weighted by Crippen LogP contribution is 2.19. The number of nitrogens with one attached hydrogen (secondary N) is 3. The van der Waals surface area contributed by atoms with Crippen LogP contribution in [0.15, 0.2) is 48.5 Å². The van der Waals surface area contributed by atoms with Crippen molar-refractivity contribution in [3.8, 4) is 0 Å². The Kier molecular flexibility index (Phi) is 6.22. The van der Waals surface area contributed by atoms with Crippen molar-refractivity contribution < 1.29 is 18.8 Å². The largest absolute Gasteiger partial charge is 0.352 e. The van der Waals surface area contributed by atoms with E-state index in [0.29, 0.717) is 11.3 Å².